The zero-order chi connectivity index (χ0) is 22.7. The van der Waals surface area contributed by atoms with Gasteiger partial charge in [0, 0.05) is 11.4 Å². The summed E-state index contributed by atoms with van der Waals surface area (Å²) in [6, 6.07) is 16.7. The number of ether oxygens (including phenoxy) is 1. The number of anilines is 2. The van der Waals surface area contributed by atoms with Gasteiger partial charge in [0.15, 0.2) is 0 Å². The molecule has 2 heterocycles. The Morgan fingerprint density at radius 1 is 1.09 bits per heavy atom. The van der Waals surface area contributed by atoms with Crippen molar-refractivity contribution in [3.8, 4) is 0 Å². The van der Waals surface area contributed by atoms with Gasteiger partial charge in [0.1, 0.15) is 18.9 Å². The molecule has 2 aromatic carbocycles. The van der Waals surface area contributed by atoms with Crippen LogP contribution < -0.4 is 10.2 Å². The monoisotopic (exact) mass is 431 g/mol. The van der Waals surface area contributed by atoms with Crippen LogP contribution in [0.15, 0.2) is 72.2 Å². The lowest BCUT2D eigenvalue weighted by Gasteiger charge is -2.35. The molecule has 0 unspecified atom stereocenters. The van der Waals surface area contributed by atoms with E-state index >= 15 is 0 Å². The van der Waals surface area contributed by atoms with Gasteiger partial charge < -0.3 is 15.0 Å². The largest absolute Gasteiger partial charge is 0.463 e. The van der Waals surface area contributed by atoms with Gasteiger partial charge in [-0.3, -0.25) is 4.79 Å². The summed E-state index contributed by atoms with van der Waals surface area (Å²) in [4.78, 5) is 32.0. The lowest BCUT2D eigenvalue weighted by Crippen LogP contribution is -2.40. The van der Waals surface area contributed by atoms with E-state index in [2.05, 4.69) is 15.4 Å². The normalized spacial score (nSPS) is 15.3. The van der Waals surface area contributed by atoms with E-state index in [0.29, 0.717) is 22.9 Å². The highest BCUT2D eigenvalue weighted by molar-refractivity contribution is 5.96. The van der Waals surface area contributed by atoms with E-state index in [4.69, 9.17) is 4.74 Å². The zero-order valence-electron chi connectivity index (χ0n) is 18.3. The molecule has 1 amide bonds. The van der Waals surface area contributed by atoms with E-state index in [1.165, 1.54) is 6.33 Å². The van der Waals surface area contributed by atoms with E-state index in [1.54, 1.807) is 23.4 Å². The number of amides is 1. The minimum atomic E-state index is -0.496. The number of hydrogen-bond acceptors (Lipinski definition) is 6. The number of carbonyl (C=O) groups is 2. The molecule has 0 saturated heterocycles. The molecule has 1 aliphatic heterocycles. The van der Waals surface area contributed by atoms with E-state index < -0.39 is 12.0 Å². The van der Waals surface area contributed by atoms with Crippen molar-refractivity contribution >= 4 is 23.5 Å². The molecule has 0 bridgehead atoms. The fourth-order valence-corrected chi connectivity index (χ4v) is 3.90. The molecule has 0 fully saturated rings. The van der Waals surface area contributed by atoms with Crippen LogP contribution in [-0.4, -0.2) is 39.8 Å². The van der Waals surface area contributed by atoms with Gasteiger partial charge in [-0.1, -0.05) is 42.5 Å². The van der Waals surface area contributed by atoms with Gasteiger partial charge in [0.25, 0.3) is 0 Å². The number of nitrogens with zero attached hydrogens (tertiary/aromatic N) is 4. The van der Waals surface area contributed by atoms with Crippen molar-refractivity contribution in [3.05, 3.63) is 83.3 Å². The molecule has 8 nitrogen and oxygen atoms in total. The highest BCUT2D eigenvalue weighted by Gasteiger charge is 2.38. The number of fused-ring (bicyclic) bond motifs is 1. The quantitative estimate of drug-likeness (QED) is 0.601. The fourth-order valence-electron chi connectivity index (χ4n) is 3.90. The molecule has 4 rings (SSSR count). The third-order valence-electron chi connectivity index (χ3n) is 5.32. The van der Waals surface area contributed by atoms with Crippen LogP contribution in [0.25, 0.3) is 0 Å². The molecule has 3 aromatic rings. The maximum absolute atomic E-state index is 13.0. The lowest BCUT2D eigenvalue weighted by atomic mass is 9.95. The van der Waals surface area contributed by atoms with Gasteiger partial charge in [0.05, 0.1) is 12.2 Å². The molecule has 0 aliphatic carbocycles. The van der Waals surface area contributed by atoms with Crippen LogP contribution in [0.3, 0.4) is 0 Å². The number of carbonyl (C=O) groups excluding carboxylic acids is 2. The number of hydrogen-bond donors (Lipinski definition) is 1. The Kier molecular flexibility index (Phi) is 6.02. The smallest absolute Gasteiger partial charge is 0.338 e. The average Bonchev–Trinajstić information content (AvgIpc) is 3.25. The van der Waals surface area contributed by atoms with Crippen molar-refractivity contribution in [1.82, 2.24) is 14.8 Å². The number of aryl methyl sites for hydroxylation is 1. The summed E-state index contributed by atoms with van der Waals surface area (Å²) in [7, 11) is 0. The number of aromatic nitrogens is 3. The van der Waals surface area contributed by atoms with Crippen molar-refractivity contribution in [2.75, 3.05) is 23.4 Å². The van der Waals surface area contributed by atoms with Crippen molar-refractivity contribution in [1.29, 1.82) is 0 Å². The maximum atomic E-state index is 13.0. The second kappa shape index (κ2) is 9.05. The summed E-state index contributed by atoms with van der Waals surface area (Å²) in [5.74, 6) is -0.182. The summed E-state index contributed by atoms with van der Waals surface area (Å²) in [5.41, 5.74) is 3.68. The second-order valence-corrected chi connectivity index (χ2v) is 7.54. The van der Waals surface area contributed by atoms with Gasteiger partial charge >= 0.3 is 5.97 Å². The average molecular weight is 431 g/mol. The van der Waals surface area contributed by atoms with Crippen molar-refractivity contribution in [2.24, 2.45) is 0 Å². The van der Waals surface area contributed by atoms with Crippen LogP contribution in [-0.2, 0) is 14.3 Å². The van der Waals surface area contributed by atoms with E-state index in [1.807, 2.05) is 61.5 Å². The standard InChI is InChI=1S/C24H25N5O3/c1-4-32-23(31)21-17(3)28(14-20(30)27-19-12-8-9-16(2)13-19)24-25-15-26-29(24)22(21)18-10-6-5-7-11-18/h5-13,15,22H,4,14H2,1-3H3,(H,27,30)/t22-/m0/s1. The van der Waals surface area contributed by atoms with Crippen LogP contribution in [0.2, 0.25) is 0 Å². The number of nitrogens with one attached hydrogen (secondary N) is 1. The summed E-state index contributed by atoms with van der Waals surface area (Å²) >= 11 is 0. The molecule has 1 aliphatic rings. The molecule has 8 heteroatoms. The Morgan fingerprint density at radius 2 is 1.88 bits per heavy atom. The first kappa shape index (κ1) is 21.3. The first-order chi connectivity index (χ1) is 15.5. The predicted molar refractivity (Wildman–Crippen MR) is 121 cm³/mol. The van der Waals surface area contributed by atoms with E-state index in [-0.39, 0.29) is 19.1 Å². The third-order valence-corrected chi connectivity index (χ3v) is 5.32. The Hall–Kier alpha value is -3.94. The Morgan fingerprint density at radius 3 is 2.59 bits per heavy atom. The van der Waals surface area contributed by atoms with Crippen LogP contribution >= 0.6 is 0 Å². The van der Waals surface area contributed by atoms with Gasteiger partial charge in [-0.15, -0.1) is 0 Å². The summed E-state index contributed by atoms with van der Waals surface area (Å²) < 4.78 is 7.03. The second-order valence-electron chi connectivity index (χ2n) is 7.54. The SMILES string of the molecule is CCOC(=O)C1=C(C)N(CC(=O)Nc2cccc(C)c2)c2ncnn2[C@H]1c1ccccc1. The Balaban J connectivity index is 1.72. The molecule has 0 spiro atoms. The molecule has 1 N–H and O–H groups in total. The molecule has 1 atom stereocenters. The van der Waals surface area contributed by atoms with Gasteiger partial charge in [0.2, 0.25) is 11.9 Å². The molecule has 1 aromatic heterocycles. The first-order valence-electron chi connectivity index (χ1n) is 10.5. The Labute approximate surface area is 186 Å². The van der Waals surface area contributed by atoms with Crippen molar-refractivity contribution in [2.45, 2.75) is 26.8 Å². The number of esters is 1. The molecule has 164 valence electrons. The van der Waals surface area contributed by atoms with Crippen LogP contribution in [0, 0.1) is 6.92 Å². The summed E-state index contributed by atoms with van der Waals surface area (Å²) in [5, 5.41) is 7.29. The summed E-state index contributed by atoms with van der Waals surface area (Å²) in [6.45, 7) is 5.76. The zero-order valence-corrected chi connectivity index (χ0v) is 18.3. The molecule has 0 saturated carbocycles. The van der Waals surface area contributed by atoms with Crippen LogP contribution in [0.4, 0.5) is 11.6 Å². The van der Waals surface area contributed by atoms with Crippen molar-refractivity contribution in [3.63, 3.8) is 0 Å². The molecule has 0 radical (unpaired) electrons. The highest BCUT2D eigenvalue weighted by atomic mass is 16.5. The highest BCUT2D eigenvalue weighted by Crippen LogP contribution is 2.38. The van der Waals surface area contributed by atoms with Crippen molar-refractivity contribution < 1.29 is 14.3 Å². The molecular formula is C24H25N5O3. The third kappa shape index (κ3) is 4.12. The lowest BCUT2D eigenvalue weighted by molar-refractivity contribution is -0.139. The number of allylic oxidation sites excluding steroid dienone is 1. The van der Waals surface area contributed by atoms with Gasteiger partial charge in [-0.2, -0.15) is 10.1 Å². The minimum absolute atomic E-state index is 0.0249. The molecular weight excluding hydrogens is 406 g/mol. The summed E-state index contributed by atoms with van der Waals surface area (Å²) in [6.07, 6.45) is 1.43. The van der Waals surface area contributed by atoms with E-state index in [9.17, 15) is 9.59 Å². The van der Waals surface area contributed by atoms with Gasteiger partial charge in [-0.05, 0) is 44.0 Å². The number of benzene rings is 2. The maximum Gasteiger partial charge on any atom is 0.338 e. The topological polar surface area (TPSA) is 89.3 Å². The first-order valence-corrected chi connectivity index (χ1v) is 10.5. The van der Waals surface area contributed by atoms with Crippen LogP contribution in [0.5, 0.6) is 0 Å². The molecule has 32 heavy (non-hydrogen) atoms. The van der Waals surface area contributed by atoms with Gasteiger partial charge in [-0.25, -0.2) is 9.48 Å². The fraction of sp³-hybridized carbons (Fsp3) is 0.250. The minimum Gasteiger partial charge on any atom is -0.463 e. The van der Waals surface area contributed by atoms with Crippen LogP contribution in [0.1, 0.15) is 31.0 Å². The number of rotatable bonds is 6. The Bertz CT molecular complexity index is 1170. The predicted octanol–water partition coefficient (Wildman–Crippen LogP) is 3.47. The van der Waals surface area contributed by atoms with E-state index in [0.717, 1.165) is 11.1 Å².